The predicted octanol–water partition coefficient (Wildman–Crippen LogP) is 1.78. The van der Waals surface area contributed by atoms with Crippen LogP contribution in [-0.2, 0) is 0 Å². The van der Waals surface area contributed by atoms with E-state index in [9.17, 15) is 9.59 Å². The topological polar surface area (TPSA) is 75.4 Å². The fourth-order valence-electron chi connectivity index (χ4n) is 1.95. The van der Waals surface area contributed by atoms with Crippen molar-refractivity contribution >= 4 is 39.2 Å². The molecule has 0 spiro atoms. The van der Waals surface area contributed by atoms with E-state index >= 15 is 0 Å². The Kier molecular flexibility index (Phi) is 4.23. The van der Waals surface area contributed by atoms with Gasteiger partial charge in [-0.2, -0.15) is 0 Å². The lowest BCUT2D eigenvalue weighted by Gasteiger charge is -2.31. The summed E-state index contributed by atoms with van der Waals surface area (Å²) in [6.07, 6.45) is 1.50. The molecule has 1 aromatic rings. The van der Waals surface area contributed by atoms with Crippen LogP contribution in [0.25, 0.3) is 0 Å². The molecule has 98 valence electrons. The highest BCUT2D eigenvalue weighted by atomic mass is 79.9. The molecular weight excluding hydrogens is 318 g/mol. The van der Waals surface area contributed by atoms with E-state index in [1.165, 1.54) is 11.3 Å². The number of urea groups is 1. The summed E-state index contributed by atoms with van der Waals surface area (Å²) in [7, 11) is 0. The van der Waals surface area contributed by atoms with Gasteiger partial charge in [0.05, 0.1) is 0 Å². The normalized spacial score (nSPS) is 16.6. The van der Waals surface area contributed by atoms with Gasteiger partial charge >= 0.3 is 6.03 Å². The van der Waals surface area contributed by atoms with Crippen molar-refractivity contribution in [2.24, 2.45) is 5.73 Å². The van der Waals surface area contributed by atoms with Crippen LogP contribution in [0.3, 0.4) is 0 Å². The van der Waals surface area contributed by atoms with Crippen molar-refractivity contribution in [3.05, 3.63) is 20.8 Å². The molecule has 1 fully saturated rings. The van der Waals surface area contributed by atoms with E-state index in [1.54, 1.807) is 4.90 Å². The van der Waals surface area contributed by atoms with Crippen LogP contribution in [0.5, 0.6) is 0 Å². The van der Waals surface area contributed by atoms with Gasteiger partial charge in [-0.3, -0.25) is 4.79 Å². The lowest BCUT2D eigenvalue weighted by Crippen LogP contribution is -2.48. The van der Waals surface area contributed by atoms with Crippen LogP contribution >= 0.6 is 27.3 Å². The van der Waals surface area contributed by atoms with Crippen LogP contribution in [0.15, 0.2) is 15.9 Å². The first-order valence-corrected chi connectivity index (χ1v) is 7.33. The van der Waals surface area contributed by atoms with E-state index in [4.69, 9.17) is 5.73 Å². The van der Waals surface area contributed by atoms with Gasteiger partial charge in [0, 0.05) is 23.6 Å². The van der Waals surface area contributed by atoms with Crippen molar-refractivity contribution in [3.8, 4) is 0 Å². The summed E-state index contributed by atoms with van der Waals surface area (Å²) in [4.78, 5) is 25.2. The van der Waals surface area contributed by atoms with Crippen molar-refractivity contribution in [3.63, 3.8) is 0 Å². The van der Waals surface area contributed by atoms with Gasteiger partial charge < -0.3 is 16.0 Å². The molecule has 0 radical (unpaired) electrons. The second kappa shape index (κ2) is 5.71. The zero-order valence-corrected chi connectivity index (χ0v) is 12.1. The third-order valence-electron chi connectivity index (χ3n) is 2.97. The standard InChI is InChI=1S/C11H14BrN3O2S/c12-8-3-6-18-9(8)10(16)14-7-1-4-15(5-2-7)11(13)17/h3,6-7H,1-2,4-5H2,(H2,13,17)(H,14,16). The van der Waals surface area contributed by atoms with Crippen LogP contribution in [0.2, 0.25) is 0 Å². The number of nitrogens with one attached hydrogen (secondary N) is 1. The number of rotatable bonds is 2. The molecular formula is C11H14BrN3O2S. The predicted molar refractivity (Wildman–Crippen MR) is 73.7 cm³/mol. The number of thiophene rings is 1. The number of hydrogen-bond donors (Lipinski definition) is 2. The minimum Gasteiger partial charge on any atom is -0.351 e. The number of amides is 3. The lowest BCUT2D eigenvalue weighted by atomic mass is 10.1. The maximum absolute atomic E-state index is 12.0. The summed E-state index contributed by atoms with van der Waals surface area (Å²) in [5.74, 6) is -0.0607. The summed E-state index contributed by atoms with van der Waals surface area (Å²) in [5.41, 5.74) is 5.21. The summed E-state index contributed by atoms with van der Waals surface area (Å²) in [5, 5.41) is 4.85. The highest BCUT2D eigenvalue weighted by Gasteiger charge is 2.23. The van der Waals surface area contributed by atoms with E-state index in [1.807, 2.05) is 11.4 Å². The Morgan fingerprint density at radius 1 is 1.44 bits per heavy atom. The highest BCUT2D eigenvalue weighted by molar-refractivity contribution is 9.10. The molecule has 3 N–H and O–H groups in total. The minimum atomic E-state index is -0.388. The molecule has 7 heteroatoms. The zero-order chi connectivity index (χ0) is 13.1. The molecule has 0 atom stereocenters. The Morgan fingerprint density at radius 3 is 2.61 bits per heavy atom. The Labute approximate surface area is 117 Å². The first kappa shape index (κ1) is 13.4. The largest absolute Gasteiger partial charge is 0.351 e. The van der Waals surface area contributed by atoms with Crippen LogP contribution < -0.4 is 11.1 Å². The molecule has 18 heavy (non-hydrogen) atoms. The highest BCUT2D eigenvalue weighted by Crippen LogP contribution is 2.23. The number of carbonyl (C=O) groups excluding carboxylic acids is 2. The lowest BCUT2D eigenvalue weighted by molar-refractivity contribution is 0.0922. The second-order valence-corrected chi connectivity index (χ2v) is 5.94. The van der Waals surface area contributed by atoms with Crippen LogP contribution in [-0.4, -0.2) is 36.0 Å². The van der Waals surface area contributed by atoms with Crippen molar-refractivity contribution in [1.29, 1.82) is 0 Å². The van der Waals surface area contributed by atoms with Gasteiger partial charge in [0.15, 0.2) is 0 Å². The summed E-state index contributed by atoms with van der Waals surface area (Å²) >= 11 is 4.75. The molecule has 0 bridgehead atoms. The quantitative estimate of drug-likeness (QED) is 0.866. The number of halogens is 1. The summed E-state index contributed by atoms with van der Waals surface area (Å²) < 4.78 is 0.819. The number of piperidine rings is 1. The van der Waals surface area contributed by atoms with Gasteiger partial charge in [-0.1, -0.05) is 0 Å². The molecule has 1 aliphatic heterocycles. The molecule has 0 aromatic carbocycles. The van der Waals surface area contributed by atoms with Gasteiger partial charge in [0.1, 0.15) is 4.88 Å². The van der Waals surface area contributed by atoms with Gasteiger partial charge in [0.2, 0.25) is 0 Å². The Morgan fingerprint density at radius 2 is 2.11 bits per heavy atom. The molecule has 1 aromatic heterocycles. The first-order valence-electron chi connectivity index (χ1n) is 5.66. The molecule has 0 unspecified atom stereocenters. The van der Waals surface area contributed by atoms with E-state index in [-0.39, 0.29) is 18.0 Å². The Balaban J connectivity index is 1.87. The fourth-order valence-corrected chi connectivity index (χ4v) is 3.41. The van der Waals surface area contributed by atoms with Gasteiger partial charge in [0.25, 0.3) is 5.91 Å². The number of nitrogens with zero attached hydrogens (tertiary/aromatic N) is 1. The molecule has 2 heterocycles. The van der Waals surface area contributed by atoms with Gasteiger partial charge in [-0.05, 0) is 40.2 Å². The molecule has 0 saturated carbocycles. The second-order valence-electron chi connectivity index (χ2n) is 4.17. The van der Waals surface area contributed by atoms with Crippen LogP contribution in [0.4, 0.5) is 4.79 Å². The first-order chi connectivity index (χ1) is 8.58. The number of carbonyl (C=O) groups is 2. The van der Waals surface area contributed by atoms with Crippen molar-refractivity contribution in [1.82, 2.24) is 10.2 Å². The third-order valence-corrected chi connectivity index (χ3v) is 4.80. The summed E-state index contributed by atoms with van der Waals surface area (Å²) in [6, 6.07) is 1.58. The number of likely N-dealkylation sites (tertiary alicyclic amines) is 1. The SMILES string of the molecule is NC(=O)N1CCC(NC(=O)c2sccc2Br)CC1. The average molecular weight is 332 g/mol. The Bertz CT molecular complexity index is 455. The maximum atomic E-state index is 12.0. The zero-order valence-electron chi connectivity index (χ0n) is 9.69. The molecule has 3 amide bonds. The summed E-state index contributed by atoms with van der Waals surface area (Å²) in [6.45, 7) is 1.21. The molecule has 2 rings (SSSR count). The number of hydrogen-bond acceptors (Lipinski definition) is 3. The third kappa shape index (κ3) is 3.02. The minimum absolute atomic E-state index is 0.0607. The molecule has 1 aliphatic rings. The average Bonchev–Trinajstić information content (AvgIpc) is 2.76. The van der Waals surface area contributed by atoms with Crippen molar-refractivity contribution in [2.45, 2.75) is 18.9 Å². The van der Waals surface area contributed by atoms with Gasteiger partial charge in [-0.15, -0.1) is 11.3 Å². The van der Waals surface area contributed by atoms with E-state index in [0.717, 1.165) is 17.3 Å². The van der Waals surface area contributed by atoms with Crippen molar-refractivity contribution < 1.29 is 9.59 Å². The molecule has 5 nitrogen and oxygen atoms in total. The fraction of sp³-hybridized carbons (Fsp3) is 0.455. The molecule has 0 aliphatic carbocycles. The smallest absolute Gasteiger partial charge is 0.314 e. The maximum Gasteiger partial charge on any atom is 0.314 e. The van der Waals surface area contributed by atoms with E-state index in [2.05, 4.69) is 21.2 Å². The van der Waals surface area contributed by atoms with Crippen molar-refractivity contribution in [2.75, 3.05) is 13.1 Å². The van der Waals surface area contributed by atoms with E-state index in [0.29, 0.717) is 18.0 Å². The number of nitrogens with two attached hydrogens (primary N) is 1. The van der Waals surface area contributed by atoms with Crippen LogP contribution in [0, 0.1) is 0 Å². The Hall–Kier alpha value is -1.08. The van der Waals surface area contributed by atoms with Gasteiger partial charge in [-0.25, -0.2) is 4.79 Å². The molecule has 1 saturated heterocycles. The van der Waals surface area contributed by atoms with Crippen LogP contribution in [0.1, 0.15) is 22.5 Å². The van der Waals surface area contributed by atoms with E-state index < -0.39 is 0 Å². The number of primary amides is 1. The monoisotopic (exact) mass is 331 g/mol.